The lowest BCUT2D eigenvalue weighted by atomic mass is 9.88. The fourth-order valence-corrected chi connectivity index (χ4v) is 5.24. The van der Waals surface area contributed by atoms with Gasteiger partial charge in [-0.3, -0.25) is 9.59 Å². The molecule has 6 nitrogen and oxygen atoms in total. The summed E-state index contributed by atoms with van der Waals surface area (Å²) in [6.07, 6.45) is 2.81. The maximum Gasteiger partial charge on any atom is 0.251 e. The second-order valence-corrected chi connectivity index (χ2v) is 8.31. The second kappa shape index (κ2) is 6.81. The zero-order valence-corrected chi connectivity index (χ0v) is 16.2. The van der Waals surface area contributed by atoms with Gasteiger partial charge in [0.2, 0.25) is 5.91 Å². The van der Waals surface area contributed by atoms with E-state index in [-0.39, 0.29) is 12.5 Å². The van der Waals surface area contributed by atoms with Crippen molar-refractivity contribution >= 4 is 39.2 Å². The van der Waals surface area contributed by atoms with E-state index < -0.39 is 5.91 Å². The molecule has 4 rings (SSSR count). The van der Waals surface area contributed by atoms with Gasteiger partial charge in [0, 0.05) is 4.88 Å². The largest absolute Gasteiger partial charge is 0.365 e. The van der Waals surface area contributed by atoms with E-state index in [4.69, 9.17) is 5.73 Å². The lowest BCUT2D eigenvalue weighted by Gasteiger charge is -2.18. The van der Waals surface area contributed by atoms with Gasteiger partial charge < -0.3 is 15.6 Å². The first-order chi connectivity index (χ1) is 12.9. The number of hydrogen-bond donors (Lipinski definition) is 2. The van der Waals surface area contributed by atoms with Crippen molar-refractivity contribution in [2.75, 3.05) is 5.32 Å². The smallest absolute Gasteiger partial charge is 0.251 e. The number of imidazole rings is 1. The third-order valence-electron chi connectivity index (χ3n) is 5.16. The summed E-state index contributed by atoms with van der Waals surface area (Å²) in [6, 6.07) is 7.73. The second-order valence-electron chi connectivity index (χ2n) is 7.20. The van der Waals surface area contributed by atoms with Crippen LogP contribution in [0.1, 0.15) is 40.0 Å². The number of primary amides is 1. The van der Waals surface area contributed by atoms with Gasteiger partial charge in [0.15, 0.2) is 0 Å². The summed E-state index contributed by atoms with van der Waals surface area (Å²) >= 11 is 1.49. The fraction of sp³-hybridized carbons (Fsp3) is 0.350. The SMILES string of the molecule is Cc1nc2ccccc2n1CC(=O)Nc1sc2c(c1C(N)=O)CCC(C)C2. The molecule has 0 saturated carbocycles. The fourth-order valence-electron chi connectivity index (χ4n) is 3.80. The Bertz CT molecular complexity index is 1050. The molecule has 0 spiro atoms. The Hall–Kier alpha value is -2.67. The Morgan fingerprint density at radius 1 is 1.37 bits per heavy atom. The van der Waals surface area contributed by atoms with Crippen molar-refractivity contribution in [2.45, 2.75) is 39.7 Å². The Morgan fingerprint density at radius 3 is 2.93 bits per heavy atom. The molecule has 2 amide bonds. The van der Waals surface area contributed by atoms with E-state index in [1.54, 1.807) is 0 Å². The van der Waals surface area contributed by atoms with Gasteiger partial charge in [-0.2, -0.15) is 0 Å². The molecule has 1 aromatic carbocycles. The number of amides is 2. The predicted molar refractivity (Wildman–Crippen MR) is 107 cm³/mol. The number of anilines is 1. The van der Waals surface area contributed by atoms with Crippen molar-refractivity contribution in [3.05, 3.63) is 46.1 Å². The molecule has 7 heteroatoms. The van der Waals surface area contributed by atoms with Crippen LogP contribution >= 0.6 is 11.3 Å². The average Bonchev–Trinajstić information content (AvgIpc) is 3.11. The molecule has 2 heterocycles. The highest BCUT2D eigenvalue weighted by Gasteiger charge is 2.27. The van der Waals surface area contributed by atoms with Gasteiger partial charge in [-0.1, -0.05) is 19.1 Å². The summed E-state index contributed by atoms with van der Waals surface area (Å²) in [4.78, 5) is 30.4. The Morgan fingerprint density at radius 2 is 2.15 bits per heavy atom. The Labute approximate surface area is 161 Å². The van der Waals surface area contributed by atoms with Crippen LogP contribution in [0.2, 0.25) is 0 Å². The first kappa shape index (κ1) is 17.7. The van der Waals surface area contributed by atoms with E-state index in [1.165, 1.54) is 16.2 Å². The van der Waals surface area contributed by atoms with Crippen LogP contribution in [-0.4, -0.2) is 21.4 Å². The van der Waals surface area contributed by atoms with Gasteiger partial charge >= 0.3 is 0 Å². The standard InChI is InChI=1S/C20H22N4O2S/c1-11-7-8-13-16(9-11)27-20(18(13)19(21)26)23-17(25)10-24-12(2)22-14-5-3-4-6-15(14)24/h3-6,11H,7-10H2,1-2H3,(H2,21,26)(H,23,25). The molecule has 1 unspecified atom stereocenters. The highest BCUT2D eigenvalue weighted by Crippen LogP contribution is 2.39. The quantitative estimate of drug-likeness (QED) is 0.726. The van der Waals surface area contributed by atoms with Gasteiger partial charge in [-0.25, -0.2) is 4.98 Å². The number of nitrogens with one attached hydrogen (secondary N) is 1. The molecule has 3 N–H and O–H groups in total. The minimum absolute atomic E-state index is 0.142. The number of carbonyl (C=O) groups is 2. The molecule has 3 aromatic rings. The molecule has 0 radical (unpaired) electrons. The monoisotopic (exact) mass is 382 g/mol. The summed E-state index contributed by atoms with van der Waals surface area (Å²) in [7, 11) is 0. The number of para-hydroxylation sites is 2. The van der Waals surface area contributed by atoms with Crippen LogP contribution in [0.15, 0.2) is 24.3 Å². The van der Waals surface area contributed by atoms with E-state index >= 15 is 0 Å². The number of nitrogens with two attached hydrogens (primary N) is 1. The van der Waals surface area contributed by atoms with Crippen LogP contribution in [0, 0.1) is 12.8 Å². The molecule has 0 aliphatic heterocycles. The molecule has 27 heavy (non-hydrogen) atoms. The van der Waals surface area contributed by atoms with Crippen LogP contribution < -0.4 is 11.1 Å². The summed E-state index contributed by atoms with van der Waals surface area (Å²) in [5, 5.41) is 3.50. The number of aromatic nitrogens is 2. The van der Waals surface area contributed by atoms with Crippen molar-refractivity contribution in [1.82, 2.24) is 9.55 Å². The van der Waals surface area contributed by atoms with Crippen LogP contribution in [0.3, 0.4) is 0 Å². The van der Waals surface area contributed by atoms with Crippen LogP contribution in [-0.2, 0) is 24.2 Å². The number of rotatable bonds is 4. The molecule has 1 aliphatic rings. The van der Waals surface area contributed by atoms with Crippen molar-refractivity contribution in [3.63, 3.8) is 0 Å². The first-order valence-electron chi connectivity index (χ1n) is 9.10. The van der Waals surface area contributed by atoms with Crippen molar-refractivity contribution in [3.8, 4) is 0 Å². The highest BCUT2D eigenvalue weighted by molar-refractivity contribution is 7.17. The minimum Gasteiger partial charge on any atom is -0.365 e. The molecule has 2 aromatic heterocycles. The predicted octanol–water partition coefficient (Wildman–Crippen LogP) is 3.27. The van der Waals surface area contributed by atoms with Gasteiger partial charge in [0.1, 0.15) is 17.4 Å². The highest BCUT2D eigenvalue weighted by atomic mass is 32.1. The summed E-state index contributed by atoms with van der Waals surface area (Å²) in [5.41, 5.74) is 8.91. The van der Waals surface area contributed by atoms with Crippen LogP contribution in [0.5, 0.6) is 0 Å². The molecular weight excluding hydrogens is 360 g/mol. The summed E-state index contributed by atoms with van der Waals surface area (Å²) in [6.45, 7) is 4.23. The molecule has 140 valence electrons. The van der Waals surface area contributed by atoms with Crippen LogP contribution in [0.4, 0.5) is 5.00 Å². The van der Waals surface area contributed by atoms with Gasteiger partial charge in [0.25, 0.3) is 5.91 Å². The third kappa shape index (κ3) is 3.23. The normalized spacial score (nSPS) is 16.3. The topological polar surface area (TPSA) is 90.0 Å². The lowest BCUT2D eigenvalue weighted by molar-refractivity contribution is -0.116. The van der Waals surface area contributed by atoms with E-state index in [1.807, 2.05) is 35.8 Å². The molecule has 0 bridgehead atoms. The Balaban J connectivity index is 1.61. The van der Waals surface area contributed by atoms with E-state index in [9.17, 15) is 9.59 Å². The number of thiophene rings is 1. The molecule has 1 aliphatic carbocycles. The maximum absolute atomic E-state index is 12.7. The number of carbonyl (C=O) groups excluding carboxylic acids is 2. The lowest BCUT2D eigenvalue weighted by Crippen LogP contribution is -2.22. The minimum atomic E-state index is -0.471. The zero-order chi connectivity index (χ0) is 19.1. The van der Waals surface area contributed by atoms with E-state index in [0.717, 1.165) is 41.7 Å². The van der Waals surface area contributed by atoms with E-state index in [0.29, 0.717) is 16.5 Å². The number of benzene rings is 1. The third-order valence-corrected chi connectivity index (χ3v) is 6.33. The number of nitrogens with zero attached hydrogens (tertiary/aromatic N) is 2. The molecule has 0 fully saturated rings. The Kier molecular flexibility index (Phi) is 4.47. The van der Waals surface area contributed by atoms with Crippen molar-refractivity contribution < 1.29 is 9.59 Å². The maximum atomic E-state index is 12.7. The van der Waals surface area contributed by atoms with Crippen LogP contribution in [0.25, 0.3) is 11.0 Å². The van der Waals surface area contributed by atoms with Gasteiger partial charge in [0.05, 0.1) is 16.6 Å². The number of hydrogen-bond acceptors (Lipinski definition) is 4. The van der Waals surface area contributed by atoms with Gasteiger partial charge in [-0.15, -0.1) is 11.3 Å². The average molecular weight is 382 g/mol. The number of aryl methyl sites for hydroxylation is 1. The molecule has 1 atom stereocenters. The summed E-state index contributed by atoms with van der Waals surface area (Å²) < 4.78 is 1.88. The molecule has 0 saturated heterocycles. The first-order valence-corrected chi connectivity index (χ1v) is 9.91. The van der Waals surface area contributed by atoms with Crippen molar-refractivity contribution in [2.24, 2.45) is 11.7 Å². The number of fused-ring (bicyclic) bond motifs is 2. The van der Waals surface area contributed by atoms with E-state index in [2.05, 4.69) is 17.2 Å². The van der Waals surface area contributed by atoms with Gasteiger partial charge in [-0.05, 0) is 49.8 Å². The summed E-state index contributed by atoms with van der Waals surface area (Å²) in [5.74, 6) is 0.707. The zero-order valence-electron chi connectivity index (χ0n) is 15.4. The molecular formula is C20H22N4O2S. The van der Waals surface area contributed by atoms with Crippen molar-refractivity contribution in [1.29, 1.82) is 0 Å².